The normalized spacial score (nSPS) is 12.4. The molecule has 0 saturated carbocycles. The smallest absolute Gasteiger partial charge is 0.417 e. The lowest BCUT2D eigenvalue weighted by Gasteiger charge is -2.20. The number of pyridine rings is 4. The Morgan fingerprint density at radius 3 is 1.15 bits per heavy atom. The number of hydrogen-bond donors (Lipinski definition) is 4. The number of carbonyl (C=O) groups is 4. The maximum Gasteiger partial charge on any atom is 0.417 e. The van der Waals surface area contributed by atoms with Crippen molar-refractivity contribution >= 4 is 114 Å². The van der Waals surface area contributed by atoms with E-state index < -0.39 is 81.6 Å². The molecule has 24 heteroatoms. The van der Waals surface area contributed by atoms with Crippen molar-refractivity contribution in [1.29, 1.82) is 0 Å². The van der Waals surface area contributed by atoms with Gasteiger partial charge in [-0.25, -0.2) is 9.59 Å². The first kappa shape index (κ1) is 59.8. The van der Waals surface area contributed by atoms with Gasteiger partial charge in [0.1, 0.15) is 12.1 Å². The fourth-order valence-electron chi connectivity index (χ4n) is 10.0. The number of carboxylic acid groups (broad SMARTS) is 2. The molecule has 0 unspecified atom stereocenters. The number of aromatic nitrogens is 4. The van der Waals surface area contributed by atoms with Crippen LogP contribution in [0.3, 0.4) is 0 Å². The van der Waals surface area contributed by atoms with Gasteiger partial charge in [0.15, 0.2) is 0 Å². The van der Waals surface area contributed by atoms with Crippen LogP contribution >= 0.6 is 46.4 Å². The Hall–Kier alpha value is -8.82. The van der Waals surface area contributed by atoms with Gasteiger partial charge in [0.05, 0.1) is 75.5 Å². The predicted octanol–water partition coefficient (Wildman–Crippen LogP) is 13.0. The van der Waals surface area contributed by atoms with Crippen molar-refractivity contribution in [1.82, 2.24) is 29.7 Å². The van der Waals surface area contributed by atoms with Gasteiger partial charge >= 0.3 is 24.3 Å². The van der Waals surface area contributed by atoms with Gasteiger partial charge in [0.2, 0.25) is 0 Å². The van der Waals surface area contributed by atoms with Crippen molar-refractivity contribution in [3.8, 4) is 22.3 Å². The Morgan fingerprint density at radius 1 is 0.488 bits per heavy atom. The molecule has 0 aliphatic rings. The first-order chi connectivity index (χ1) is 39.8. The number of aliphatic carboxylic acids is 2. The SMILES string of the molecule is Cn1c(=O)c(-c2ccc(C[C@H](NC(=O)c3c(Cl)cccc3Cl)C(=O)O)c3ncccc23)c(C(F)(F)F)c2ccccc21.Cn1c(=O)c(-c2ccc(C[C@H](NC(=O)c3c(Cl)cccc3Cl)C(=O)O)c3ncccc23)c(C(F)(F)F)c2ccccc21. The summed E-state index contributed by atoms with van der Waals surface area (Å²) in [7, 11) is 2.79. The third-order valence-corrected chi connectivity index (χ3v) is 15.1. The number of alkyl halides is 6. The minimum Gasteiger partial charge on any atom is -0.480 e. The van der Waals surface area contributed by atoms with Crippen LogP contribution in [0, 0.1) is 0 Å². The fraction of sp³-hybridized carbons (Fsp3) is 0.133. The maximum atomic E-state index is 14.5. The van der Waals surface area contributed by atoms with E-state index in [0.717, 1.165) is 9.13 Å². The van der Waals surface area contributed by atoms with E-state index in [0.29, 0.717) is 11.1 Å². The molecule has 0 bridgehead atoms. The second kappa shape index (κ2) is 23.8. The minimum atomic E-state index is -4.87. The highest BCUT2D eigenvalue weighted by molar-refractivity contribution is 6.40. The molecule has 2 amide bonds. The van der Waals surface area contributed by atoms with Gasteiger partial charge < -0.3 is 30.0 Å². The summed E-state index contributed by atoms with van der Waals surface area (Å²) < 4.78 is 89.6. The predicted molar refractivity (Wildman–Crippen MR) is 308 cm³/mol. The van der Waals surface area contributed by atoms with Crippen molar-refractivity contribution in [2.45, 2.75) is 37.3 Å². The molecule has 4 heterocycles. The van der Waals surface area contributed by atoms with Crippen molar-refractivity contribution < 1.29 is 55.7 Å². The molecule has 10 aromatic rings. The van der Waals surface area contributed by atoms with Crippen LogP contribution in [-0.2, 0) is 48.9 Å². The van der Waals surface area contributed by atoms with Crippen LogP contribution in [0.5, 0.6) is 0 Å². The molecule has 4 N–H and O–H groups in total. The van der Waals surface area contributed by atoms with Crippen LogP contribution in [0.4, 0.5) is 26.3 Å². The summed E-state index contributed by atoms with van der Waals surface area (Å²) in [5, 5.41) is 24.8. The van der Waals surface area contributed by atoms with E-state index in [9.17, 15) is 65.3 Å². The van der Waals surface area contributed by atoms with E-state index in [1.165, 1.54) is 148 Å². The zero-order chi connectivity index (χ0) is 60.7. The molecule has 0 radical (unpaired) electrons. The molecule has 2 atom stereocenters. The summed E-state index contributed by atoms with van der Waals surface area (Å²) in [6.07, 6.45) is -7.49. The monoisotopic (exact) mass is 1230 g/mol. The number of para-hydroxylation sites is 2. The zero-order valence-electron chi connectivity index (χ0n) is 43.3. The third-order valence-electron chi connectivity index (χ3n) is 13.9. The largest absolute Gasteiger partial charge is 0.480 e. The number of halogens is 10. The lowest BCUT2D eigenvalue weighted by molar-refractivity contribution is -0.140. The number of benzene rings is 6. The average Bonchev–Trinajstić information content (AvgIpc) is 1.46. The molecule has 428 valence electrons. The van der Waals surface area contributed by atoms with Crippen LogP contribution in [0.15, 0.2) is 155 Å². The average molecular weight is 1230 g/mol. The molecule has 84 heavy (non-hydrogen) atoms. The number of carboxylic acids is 2. The molecule has 0 aliphatic carbocycles. The fourth-order valence-corrected chi connectivity index (χ4v) is 11.2. The van der Waals surface area contributed by atoms with Gasteiger partial charge in [-0.15, -0.1) is 0 Å². The van der Waals surface area contributed by atoms with Crippen molar-refractivity contribution in [2.75, 3.05) is 0 Å². The number of nitrogens with one attached hydrogen (secondary N) is 2. The Labute approximate surface area is 490 Å². The van der Waals surface area contributed by atoms with E-state index in [-0.39, 0.29) is 98.8 Å². The maximum absolute atomic E-state index is 14.5. The van der Waals surface area contributed by atoms with Crippen molar-refractivity contribution in [3.63, 3.8) is 0 Å². The number of carbonyl (C=O) groups excluding carboxylic acids is 2. The Kier molecular flexibility index (Phi) is 16.9. The van der Waals surface area contributed by atoms with Crippen molar-refractivity contribution in [2.24, 2.45) is 14.1 Å². The van der Waals surface area contributed by atoms with E-state index in [1.54, 1.807) is 12.1 Å². The summed E-state index contributed by atoms with van der Waals surface area (Å²) in [5.41, 5.74) is -3.97. The molecular weight excluding hydrogens is 1190 g/mol. The number of aryl methyl sites for hydroxylation is 2. The van der Waals surface area contributed by atoms with Crippen LogP contribution in [0.1, 0.15) is 43.0 Å². The summed E-state index contributed by atoms with van der Waals surface area (Å²) in [6, 6.07) is 28.9. The van der Waals surface area contributed by atoms with E-state index in [4.69, 9.17) is 46.4 Å². The Bertz CT molecular complexity index is 4160. The molecule has 0 fully saturated rings. The first-order valence-electron chi connectivity index (χ1n) is 24.9. The summed E-state index contributed by atoms with van der Waals surface area (Å²) >= 11 is 24.4. The van der Waals surface area contributed by atoms with Crippen molar-refractivity contribution in [3.05, 3.63) is 220 Å². The van der Waals surface area contributed by atoms with Crippen LogP contribution in [-0.4, -0.2) is 65.2 Å². The van der Waals surface area contributed by atoms with Crippen LogP contribution in [0.2, 0.25) is 20.1 Å². The van der Waals surface area contributed by atoms with E-state index in [1.807, 2.05) is 0 Å². The van der Waals surface area contributed by atoms with E-state index in [2.05, 4.69) is 20.6 Å². The molecular formula is C60H40Cl4F6N6O8. The Morgan fingerprint density at radius 2 is 0.821 bits per heavy atom. The highest BCUT2D eigenvalue weighted by Gasteiger charge is 2.40. The molecule has 0 saturated heterocycles. The molecule has 10 rings (SSSR count). The summed E-state index contributed by atoms with van der Waals surface area (Å²) in [4.78, 5) is 85.6. The van der Waals surface area contributed by atoms with Gasteiger partial charge in [0.25, 0.3) is 22.9 Å². The number of amides is 2. The standard InChI is InChI=1S/2C30H20Cl2F3N3O4/c2*1-38-22-10-3-2-6-18(22)25(30(33,34)35)23(28(38)40)16-12-11-15(26-17(16)7-5-13-36-26)14-21(29(41)42)37-27(39)24-19(31)8-4-9-20(24)32/h2*2-13,21H,14H2,1H3,(H,37,39)(H,41,42)/t2*21-/m00/s1. The van der Waals surface area contributed by atoms with Gasteiger partial charge in [-0.1, -0.05) is 131 Å². The third kappa shape index (κ3) is 11.6. The van der Waals surface area contributed by atoms with Gasteiger partial charge in [-0.05, 0) is 70.8 Å². The second-order valence-electron chi connectivity index (χ2n) is 18.9. The number of rotatable bonds is 12. The molecule has 0 aliphatic heterocycles. The highest BCUT2D eigenvalue weighted by atomic mass is 35.5. The quantitative estimate of drug-likeness (QED) is 0.0853. The van der Waals surface area contributed by atoms with Crippen LogP contribution in [0.25, 0.3) is 65.9 Å². The van der Waals surface area contributed by atoms with E-state index >= 15 is 0 Å². The lowest BCUT2D eigenvalue weighted by atomic mass is 9.91. The summed E-state index contributed by atoms with van der Waals surface area (Å²) in [5.74, 6) is -4.38. The molecule has 0 spiro atoms. The van der Waals surface area contributed by atoms with Gasteiger partial charge in [-0.2, -0.15) is 26.3 Å². The zero-order valence-corrected chi connectivity index (χ0v) is 46.4. The topological polar surface area (TPSA) is 203 Å². The second-order valence-corrected chi connectivity index (χ2v) is 20.6. The first-order valence-corrected chi connectivity index (χ1v) is 26.4. The molecule has 4 aromatic heterocycles. The number of fused-ring (bicyclic) bond motifs is 4. The van der Waals surface area contributed by atoms with Gasteiger partial charge in [-0.3, -0.25) is 29.1 Å². The number of nitrogens with zero attached hydrogens (tertiary/aromatic N) is 4. The Balaban J connectivity index is 0.000000202. The summed E-state index contributed by atoms with van der Waals surface area (Å²) in [6.45, 7) is 0. The minimum absolute atomic E-state index is 0.0145. The van der Waals surface area contributed by atoms with Crippen LogP contribution < -0.4 is 21.8 Å². The van der Waals surface area contributed by atoms with Gasteiger partial charge in [0, 0.05) is 60.9 Å². The molecule has 6 aromatic carbocycles. The lowest BCUT2D eigenvalue weighted by Crippen LogP contribution is -2.42. The highest BCUT2D eigenvalue weighted by Crippen LogP contribution is 2.44. The number of hydrogen-bond acceptors (Lipinski definition) is 8. The molecule has 14 nitrogen and oxygen atoms in total.